The second-order valence-corrected chi connectivity index (χ2v) is 6.96. The molecule has 2 N–H and O–H groups in total. The van der Waals surface area contributed by atoms with Gasteiger partial charge >= 0.3 is 0 Å². The lowest BCUT2D eigenvalue weighted by atomic mass is 10.0. The van der Waals surface area contributed by atoms with Crippen molar-refractivity contribution in [3.63, 3.8) is 0 Å². The summed E-state index contributed by atoms with van der Waals surface area (Å²) in [4.78, 5) is 23.4. The molecule has 4 rings (SSSR count). The molecule has 0 radical (unpaired) electrons. The zero-order chi connectivity index (χ0) is 20.1. The normalized spacial score (nSPS) is 13.0. The first kappa shape index (κ1) is 18.9. The van der Waals surface area contributed by atoms with Crippen LogP contribution in [0.25, 0.3) is 5.65 Å². The predicted molar refractivity (Wildman–Crippen MR) is 108 cm³/mol. The summed E-state index contributed by atoms with van der Waals surface area (Å²) in [6.07, 6.45) is 4.80. The van der Waals surface area contributed by atoms with Crippen LogP contribution in [0.4, 0.5) is 5.69 Å². The van der Waals surface area contributed by atoms with Gasteiger partial charge in [0, 0.05) is 37.7 Å². The number of rotatable bonds is 8. The fourth-order valence-corrected chi connectivity index (χ4v) is 3.34. The maximum absolute atomic E-state index is 12.0. The summed E-state index contributed by atoms with van der Waals surface area (Å²) in [5.41, 5.74) is 2.74. The van der Waals surface area contributed by atoms with Gasteiger partial charge in [-0.3, -0.25) is 14.0 Å². The number of amides is 2. The van der Waals surface area contributed by atoms with Crippen LogP contribution in [0.3, 0.4) is 0 Å². The third-order valence-electron chi connectivity index (χ3n) is 4.84. The van der Waals surface area contributed by atoms with Crippen molar-refractivity contribution in [1.29, 1.82) is 0 Å². The Morgan fingerprint density at radius 3 is 3.07 bits per heavy atom. The first-order valence-corrected chi connectivity index (χ1v) is 9.80. The third-order valence-corrected chi connectivity index (χ3v) is 4.84. The van der Waals surface area contributed by atoms with Crippen molar-refractivity contribution < 1.29 is 14.3 Å². The number of aromatic nitrogens is 3. The molecule has 150 valence electrons. The fourth-order valence-electron chi connectivity index (χ4n) is 3.34. The summed E-state index contributed by atoms with van der Waals surface area (Å²) in [5, 5.41) is 14.0. The number of nitrogens with zero attached hydrogens (tertiary/aromatic N) is 3. The standard InChI is InChI=1S/C21H23N5O3/c27-20(22-11-10-19-25-24-18-4-1-2-12-26(18)19)5-3-13-29-16-7-8-17-15(14-16)6-9-21(28)23-17/h1-2,4,7-8,12,14H,3,5-6,9-11,13H2,(H,22,27)(H,23,28). The highest BCUT2D eigenvalue weighted by molar-refractivity contribution is 5.94. The summed E-state index contributed by atoms with van der Waals surface area (Å²) in [6.45, 7) is 0.985. The van der Waals surface area contributed by atoms with Gasteiger partial charge < -0.3 is 15.4 Å². The lowest BCUT2D eigenvalue weighted by Crippen LogP contribution is -2.26. The van der Waals surface area contributed by atoms with Gasteiger partial charge in [-0.1, -0.05) is 6.07 Å². The number of pyridine rings is 1. The quantitative estimate of drug-likeness (QED) is 0.572. The summed E-state index contributed by atoms with van der Waals surface area (Å²) in [5.74, 6) is 1.64. The molecular weight excluding hydrogens is 370 g/mol. The number of carbonyl (C=O) groups excluding carboxylic acids is 2. The van der Waals surface area contributed by atoms with Crippen LogP contribution in [-0.4, -0.2) is 39.6 Å². The summed E-state index contributed by atoms with van der Waals surface area (Å²) >= 11 is 0. The van der Waals surface area contributed by atoms with Crippen molar-refractivity contribution in [1.82, 2.24) is 19.9 Å². The maximum Gasteiger partial charge on any atom is 0.224 e. The highest BCUT2D eigenvalue weighted by atomic mass is 16.5. The Bertz CT molecular complexity index is 1030. The van der Waals surface area contributed by atoms with E-state index in [1.54, 1.807) is 0 Å². The number of benzene rings is 1. The average Bonchev–Trinajstić information content (AvgIpc) is 3.14. The Morgan fingerprint density at radius 1 is 1.21 bits per heavy atom. The number of fused-ring (bicyclic) bond motifs is 2. The maximum atomic E-state index is 12.0. The van der Waals surface area contributed by atoms with Gasteiger partial charge in [-0.25, -0.2) is 0 Å². The van der Waals surface area contributed by atoms with E-state index in [-0.39, 0.29) is 11.8 Å². The molecule has 0 saturated carbocycles. The molecule has 0 fully saturated rings. The molecule has 1 aliphatic heterocycles. The minimum atomic E-state index is -0.00410. The van der Waals surface area contributed by atoms with Crippen molar-refractivity contribution in [2.45, 2.75) is 32.1 Å². The number of ether oxygens (including phenoxy) is 1. The minimum Gasteiger partial charge on any atom is -0.494 e. The lowest BCUT2D eigenvalue weighted by Gasteiger charge is -2.17. The topological polar surface area (TPSA) is 97.6 Å². The van der Waals surface area contributed by atoms with E-state index in [2.05, 4.69) is 20.8 Å². The van der Waals surface area contributed by atoms with Crippen molar-refractivity contribution >= 4 is 23.1 Å². The van der Waals surface area contributed by atoms with Crippen molar-refractivity contribution in [2.75, 3.05) is 18.5 Å². The Hall–Kier alpha value is -3.42. The molecule has 1 aromatic carbocycles. The molecule has 0 aliphatic carbocycles. The molecule has 3 aromatic rings. The third kappa shape index (κ3) is 4.71. The Morgan fingerprint density at radius 2 is 2.14 bits per heavy atom. The Balaban J connectivity index is 1.15. The van der Waals surface area contributed by atoms with Gasteiger partial charge in [0.25, 0.3) is 0 Å². The Kier molecular flexibility index (Phi) is 5.69. The number of carbonyl (C=O) groups is 2. The molecule has 8 heteroatoms. The molecule has 2 aromatic heterocycles. The first-order valence-electron chi connectivity index (χ1n) is 9.80. The van der Waals surface area contributed by atoms with Gasteiger partial charge in [-0.2, -0.15) is 0 Å². The number of hydrogen-bond donors (Lipinski definition) is 2. The van der Waals surface area contributed by atoms with Crippen LogP contribution >= 0.6 is 0 Å². The largest absolute Gasteiger partial charge is 0.494 e. The SMILES string of the molecule is O=C(CCCOc1ccc2c(c1)CCC(=O)N2)NCCc1nnc2ccccn12. The predicted octanol–water partition coefficient (Wildman–Crippen LogP) is 2.13. The van der Waals surface area contributed by atoms with Crippen LogP contribution < -0.4 is 15.4 Å². The van der Waals surface area contributed by atoms with Gasteiger partial charge in [0.05, 0.1) is 6.61 Å². The van der Waals surface area contributed by atoms with Crippen LogP contribution in [0.5, 0.6) is 5.75 Å². The number of nitrogens with one attached hydrogen (secondary N) is 2. The van der Waals surface area contributed by atoms with Crippen molar-refractivity contribution in [2.24, 2.45) is 0 Å². The molecule has 0 saturated heterocycles. The summed E-state index contributed by atoms with van der Waals surface area (Å²) in [6, 6.07) is 11.4. The van der Waals surface area contributed by atoms with Crippen LogP contribution in [0.15, 0.2) is 42.6 Å². The molecule has 0 unspecified atom stereocenters. The van der Waals surface area contributed by atoms with E-state index in [1.165, 1.54) is 0 Å². The Labute approximate surface area is 168 Å². The van der Waals surface area contributed by atoms with E-state index >= 15 is 0 Å². The second-order valence-electron chi connectivity index (χ2n) is 6.96. The van der Waals surface area contributed by atoms with Crippen LogP contribution in [0.1, 0.15) is 30.7 Å². The smallest absolute Gasteiger partial charge is 0.224 e. The molecule has 0 bridgehead atoms. The van der Waals surface area contributed by atoms with E-state index in [4.69, 9.17) is 4.74 Å². The monoisotopic (exact) mass is 393 g/mol. The molecular formula is C21H23N5O3. The summed E-state index contributed by atoms with van der Waals surface area (Å²) < 4.78 is 7.67. The zero-order valence-electron chi connectivity index (χ0n) is 16.1. The van der Waals surface area contributed by atoms with Gasteiger partial charge in [0.1, 0.15) is 11.6 Å². The zero-order valence-corrected chi connectivity index (χ0v) is 16.1. The number of hydrogen-bond acceptors (Lipinski definition) is 5. The van der Waals surface area contributed by atoms with Crippen LogP contribution in [0.2, 0.25) is 0 Å². The number of anilines is 1. The summed E-state index contributed by atoms with van der Waals surface area (Å²) in [7, 11) is 0. The molecule has 29 heavy (non-hydrogen) atoms. The van der Waals surface area contributed by atoms with Gasteiger partial charge in [0.15, 0.2) is 5.65 Å². The lowest BCUT2D eigenvalue weighted by molar-refractivity contribution is -0.121. The van der Waals surface area contributed by atoms with E-state index in [0.717, 1.165) is 34.9 Å². The highest BCUT2D eigenvalue weighted by Crippen LogP contribution is 2.26. The first-order chi connectivity index (χ1) is 14.2. The van der Waals surface area contributed by atoms with Crippen molar-refractivity contribution in [3.05, 3.63) is 54.0 Å². The van der Waals surface area contributed by atoms with E-state index in [0.29, 0.717) is 38.8 Å². The van der Waals surface area contributed by atoms with Gasteiger partial charge in [-0.15, -0.1) is 10.2 Å². The van der Waals surface area contributed by atoms with Crippen LogP contribution in [0, 0.1) is 0 Å². The van der Waals surface area contributed by atoms with Crippen LogP contribution in [-0.2, 0) is 22.4 Å². The average molecular weight is 393 g/mol. The number of aryl methyl sites for hydroxylation is 1. The molecule has 3 heterocycles. The molecule has 2 amide bonds. The molecule has 0 atom stereocenters. The van der Waals surface area contributed by atoms with Gasteiger partial charge in [0.2, 0.25) is 11.8 Å². The van der Waals surface area contributed by atoms with E-state index in [1.807, 2.05) is 47.0 Å². The van der Waals surface area contributed by atoms with Crippen molar-refractivity contribution in [3.8, 4) is 5.75 Å². The molecule has 1 aliphatic rings. The highest BCUT2D eigenvalue weighted by Gasteiger charge is 2.15. The molecule has 8 nitrogen and oxygen atoms in total. The minimum absolute atomic E-state index is 0.00410. The fraction of sp³-hybridized carbons (Fsp3) is 0.333. The molecule has 0 spiro atoms. The van der Waals surface area contributed by atoms with E-state index < -0.39 is 0 Å². The van der Waals surface area contributed by atoms with Gasteiger partial charge in [-0.05, 0) is 48.7 Å². The van der Waals surface area contributed by atoms with E-state index in [9.17, 15) is 9.59 Å². The second kappa shape index (κ2) is 8.72.